The quantitative estimate of drug-likeness (QED) is 0.168. The number of para-hydroxylation sites is 2. The van der Waals surface area contributed by atoms with Crippen molar-refractivity contribution in [1.29, 1.82) is 0 Å². The Kier molecular flexibility index (Phi) is 6.83. The Morgan fingerprint density at radius 3 is 1.72 bits per heavy atom. The minimum absolute atomic E-state index is 0.00674. The molecule has 0 bridgehead atoms. The fourth-order valence-corrected chi connectivity index (χ4v) is 9.05. The van der Waals surface area contributed by atoms with Crippen molar-refractivity contribution < 1.29 is 0 Å². The summed E-state index contributed by atoms with van der Waals surface area (Å²) in [6.45, 7) is 14.0. The summed E-state index contributed by atoms with van der Waals surface area (Å²) in [6.07, 6.45) is 0. The van der Waals surface area contributed by atoms with E-state index >= 15 is 0 Å². The molecule has 53 heavy (non-hydrogen) atoms. The minimum atomic E-state index is 0.00674. The molecule has 3 heterocycles. The molecule has 7 aromatic carbocycles. The molecule has 2 aromatic heterocycles. The van der Waals surface area contributed by atoms with Gasteiger partial charge in [-0.2, -0.15) is 0 Å². The van der Waals surface area contributed by atoms with Gasteiger partial charge < -0.3 is 9.30 Å². The highest BCUT2D eigenvalue weighted by Crippen LogP contribution is 2.48. The molecule has 0 saturated carbocycles. The van der Waals surface area contributed by atoms with Gasteiger partial charge in [-0.3, -0.25) is 0 Å². The first kappa shape index (κ1) is 31.9. The highest BCUT2D eigenvalue weighted by molar-refractivity contribution is 6.99. The number of hydrogen-bond acceptors (Lipinski definition) is 1. The van der Waals surface area contributed by atoms with Gasteiger partial charge in [-0.15, -0.1) is 0 Å². The molecule has 2 nitrogen and oxygen atoms in total. The van der Waals surface area contributed by atoms with Gasteiger partial charge in [0.1, 0.15) is 0 Å². The molecule has 1 aliphatic rings. The average molecular weight is 683 g/mol. The van der Waals surface area contributed by atoms with E-state index < -0.39 is 0 Å². The summed E-state index contributed by atoms with van der Waals surface area (Å²) in [7, 11) is 0. The molecule has 0 aliphatic carbocycles. The molecule has 0 saturated heterocycles. The van der Waals surface area contributed by atoms with Crippen molar-refractivity contribution >= 4 is 78.3 Å². The smallest absolute Gasteiger partial charge is 0.247 e. The van der Waals surface area contributed by atoms with Gasteiger partial charge in [-0.05, 0) is 86.5 Å². The molecule has 256 valence electrons. The summed E-state index contributed by atoms with van der Waals surface area (Å²) in [4.78, 5) is 2.56. The lowest BCUT2D eigenvalue weighted by molar-refractivity contribution is 0.591. The van der Waals surface area contributed by atoms with Gasteiger partial charge >= 0.3 is 0 Å². The first-order chi connectivity index (χ1) is 25.6. The Bertz CT molecular complexity index is 2850. The van der Waals surface area contributed by atoms with Crippen LogP contribution in [0.1, 0.15) is 52.7 Å². The number of nitrogens with zero attached hydrogens (tertiary/aromatic N) is 2. The maximum Gasteiger partial charge on any atom is 0.247 e. The highest BCUT2D eigenvalue weighted by Gasteiger charge is 2.39. The van der Waals surface area contributed by atoms with Crippen molar-refractivity contribution in [3.63, 3.8) is 0 Å². The predicted octanol–water partition coefficient (Wildman–Crippen LogP) is 11.4. The highest BCUT2D eigenvalue weighted by atomic mass is 15.2. The zero-order valence-corrected chi connectivity index (χ0v) is 31.4. The molecule has 0 spiro atoms. The Morgan fingerprint density at radius 2 is 1.04 bits per heavy atom. The standard InChI is InChI=1S/C50H43BN2/c1-49(2,3)33-25-27-43-37(29-33)38-31-42-48(46-39-30-34(50(4,5)6)26-28-44(39)53(43)47(38)46)52(35-19-11-8-12-20-35)45-24-16-15-23-41(45)51(42)40-22-14-13-21-36(40)32-17-9-7-10-18-32/h7-31H,1-6H3. The van der Waals surface area contributed by atoms with E-state index in [4.69, 9.17) is 0 Å². The Hall–Kier alpha value is -5.80. The molecule has 3 heteroatoms. The van der Waals surface area contributed by atoms with E-state index in [1.54, 1.807) is 0 Å². The van der Waals surface area contributed by atoms with Crippen LogP contribution >= 0.6 is 0 Å². The molecule has 0 radical (unpaired) electrons. The van der Waals surface area contributed by atoms with E-state index in [1.165, 1.54) is 93.8 Å². The minimum Gasteiger partial charge on any atom is -0.311 e. The van der Waals surface area contributed by atoms with Gasteiger partial charge in [0.05, 0.1) is 22.2 Å². The van der Waals surface area contributed by atoms with E-state index in [-0.39, 0.29) is 17.5 Å². The van der Waals surface area contributed by atoms with Crippen LogP contribution in [0.25, 0.3) is 49.2 Å². The van der Waals surface area contributed by atoms with Gasteiger partial charge in [0.25, 0.3) is 0 Å². The topological polar surface area (TPSA) is 7.65 Å². The maximum absolute atomic E-state index is 2.56. The molecule has 10 rings (SSSR count). The number of anilines is 3. The molecule has 9 aromatic rings. The summed E-state index contributed by atoms with van der Waals surface area (Å²) >= 11 is 0. The summed E-state index contributed by atoms with van der Waals surface area (Å²) < 4.78 is 2.56. The van der Waals surface area contributed by atoms with Crippen LogP contribution in [0.15, 0.2) is 152 Å². The third kappa shape index (κ3) is 4.73. The number of fused-ring (bicyclic) bond motifs is 9. The third-order valence-electron chi connectivity index (χ3n) is 11.7. The average Bonchev–Trinajstić information content (AvgIpc) is 3.68. The van der Waals surface area contributed by atoms with E-state index in [0.717, 1.165) is 0 Å². The zero-order valence-electron chi connectivity index (χ0n) is 31.4. The van der Waals surface area contributed by atoms with Gasteiger partial charge in [0.2, 0.25) is 6.71 Å². The molecule has 0 amide bonds. The van der Waals surface area contributed by atoms with Gasteiger partial charge in [-0.25, -0.2) is 0 Å². The van der Waals surface area contributed by atoms with Gasteiger partial charge in [0.15, 0.2) is 0 Å². The summed E-state index contributed by atoms with van der Waals surface area (Å²) in [5.74, 6) is 0. The van der Waals surface area contributed by atoms with Crippen LogP contribution in [-0.4, -0.2) is 11.1 Å². The number of hydrogen-bond donors (Lipinski definition) is 0. The van der Waals surface area contributed by atoms with E-state index in [1.807, 2.05) is 0 Å². The third-order valence-corrected chi connectivity index (χ3v) is 11.7. The van der Waals surface area contributed by atoms with Crippen LogP contribution in [0.5, 0.6) is 0 Å². The molecule has 1 aliphatic heterocycles. The van der Waals surface area contributed by atoms with Crippen LogP contribution in [0, 0.1) is 0 Å². The second-order valence-corrected chi connectivity index (χ2v) is 17.0. The number of rotatable bonds is 3. The summed E-state index contributed by atoms with van der Waals surface area (Å²) in [6, 6.07) is 57.1. The van der Waals surface area contributed by atoms with Crippen molar-refractivity contribution in [2.24, 2.45) is 0 Å². The molecular weight excluding hydrogens is 639 g/mol. The van der Waals surface area contributed by atoms with E-state index in [2.05, 4.69) is 203 Å². The molecule has 0 unspecified atom stereocenters. The largest absolute Gasteiger partial charge is 0.311 e. The van der Waals surface area contributed by atoms with Crippen molar-refractivity contribution in [3.8, 4) is 11.1 Å². The van der Waals surface area contributed by atoms with Crippen molar-refractivity contribution in [1.82, 2.24) is 4.40 Å². The lowest BCUT2D eigenvalue weighted by Crippen LogP contribution is -2.57. The fourth-order valence-electron chi connectivity index (χ4n) is 9.05. The fraction of sp³-hybridized carbons (Fsp3) is 0.160. The predicted molar refractivity (Wildman–Crippen MR) is 230 cm³/mol. The summed E-state index contributed by atoms with van der Waals surface area (Å²) in [5, 5.41) is 5.28. The van der Waals surface area contributed by atoms with Crippen LogP contribution in [-0.2, 0) is 10.8 Å². The molecule has 0 N–H and O–H groups in total. The molecular formula is C50H43BN2. The Balaban J connectivity index is 1.44. The maximum atomic E-state index is 2.56. The van der Waals surface area contributed by atoms with Crippen LogP contribution in [0.3, 0.4) is 0 Å². The Morgan fingerprint density at radius 1 is 0.472 bits per heavy atom. The lowest BCUT2D eigenvalue weighted by atomic mass is 9.34. The zero-order chi connectivity index (χ0) is 36.2. The monoisotopic (exact) mass is 682 g/mol. The van der Waals surface area contributed by atoms with Gasteiger partial charge in [0, 0.05) is 32.9 Å². The summed E-state index contributed by atoms with van der Waals surface area (Å²) in [5.41, 5.74) is 16.8. The Labute approximate surface area is 312 Å². The van der Waals surface area contributed by atoms with Crippen molar-refractivity contribution in [3.05, 3.63) is 163 Å². The molecule has 0 atom stereocenters. The van der Waals surface area contributed by atoms with Crippen molar-refractivity contribution in [2.45, 2.75) is 52.4 Å². The SMILES string of the molecule is CC(C)(C)c1ccc2c(c1)c1cc3c(c4c5cc(C(C)(C)C)ccc5n2c14)N(c1ccccc1)c1ccccc1B3c1ccccc1-c1ccccc1. The number of benzene rings is 7. The lowest BCUT2D eigenvalue weighted by Gasteiger charge is -2.38. The van der Waals surface area contributed by atoms with E-state index in [9.17, 15) is 0 Å². The molecule has 0 fully saturated rings. The van der Waals surface area contributed by atoms with Gasteiger partial charge in [-0.1, -0.05) is 156 Å². The van der Waals surface area contributed by atoms with Crippen LogP contribution in [0.4, 0.5) is 17.1 Å². The van der Waals surface area contributed by atoms with Crippen LogP contribution < -0.4 is 21.3 Å². The normalized spacial score (nSPS) is 13.4. The second-order valence-electron chi connectivity index (χ2n) is 17.0. The van der Waals surface area contributed by atoms with E-state index in [0.29, 0.717) is 0 Å². The second kappa shape index (κ2) is 11.4. The van der Waals surface area contributed by atoms with Crippen molar-refractivity contribution in [2.75, 3.05) is 4.90 Å². The first-order valence-electron chi connectivity index (χ1n) is 19.0. The van der Waals surface area contributed by atoms with Crippen LogP contribution in [0.2, 0.25) is 0 Å². The first-order valence-corrected chi connectivity index (χ1v) is 19.0. The number of aromatic nitrogens is 1.